The molecule has 0 saturated carbocycles. The Bertz CT molecular complexity index is 253. The van der Waals surface area contributed by atoms with E-state index in [1.165, 1.54) is 12.4 Å². The number of nitrogens with zero attached hydrogens (tertiary/aromatic N) is 1. The van der Waals surface area contributed by atoms with Gasteiger partial charge in [0.15, 0.2) is 12.4 Å². The molecule has 0 aliphatic carbocycles. The Labute approximate surface area is 65.5 Å². The average molecular weight is 153 g/mol. The fourth-order valence-electron chi connectivity index (χ4n) is 0.817. The minimum Gasteiger partial charge on any atom is -0.619 e. The Hall–Kier alpha value is -1.09. The molecule has 0 saturated heterocycles. The highest BCUT2D eigenvalue weighted by atomic mass is 16.5. The molecule has 1 N–H and O–H groups in total. The SMILES string of the molecule is CC(C)(O)c1ccc[n+]([O-])c1. The second-order valence-electron chi connectivity index (χ2n) is 3.01. The van der Waals surface area contributed by atoms with Crippen molar-refractivity contribution in [3.05, 3.63) is 35.3 Å². The lowest BCUT2D eigenvalue weighted by Crippen LogP contribution is -2.28. The molecule has 3 nitrogen and oxygen atoms in total. The Balaban J connectivity index is 3.06. The van der Waals surface area contributed by atoms with Crippen LogP contribution in [0.15, 0.2) is 24.5 Å². The maximum atomic E-state index is 10.7. The summed E-state index contributed by atoms with van der Waals surface area (Å²) in [6, 6.07) is 3.33. The normalized spacial score (nSPS) is 11.5. The molecule has 0 aromatic carbocycles. The van der Waals surface area contributed by atoms with E-state index in [1.54, 1.807) is 26.0 Å². The lowest BCUT2D eigenvalue weighted by molar-refractivity contribution is -0.606. The van der Waals surface area contributed by atoms with Gasteiger partial charge in [-0.2, -0.15) is 4.73 Å². The smallest absolute Gasteiger partial charge is 0.186 e. The van der Waals surface area contributed by atoms with E-state index in [2.05, 4.69) is 0 Å². The van der Waals surface area contributed by atoms with Gasteiger partial charge in [-0.05, 0) is 19.9 Å². The van der Waals surface area contributed by atoms with E-state index >= 15 is 0 Å². The fraction of sp³-hybridized carbons (Fsp3) is 0.375. The summed E-state index contributed by atoms with van der Waals surface area (Å²) in [6.45, 7) is 3.28. The minimum absolute atomic E-state index is 0.620. The summed E-state index contributed by atoms with van der Waals surface area (Å²) < 4.78 is 0.674. The lowest BCUT2D eigenvalue weighted by atomic mass is 10.0. The number of rotatable bonds is 1. The van der Waals surface area contributed by atoms with Crippen LogP contribution in [-0.4, -0.2) is 5.11 Å². The van der Waals surface area contributed by atoms with E-state index in [9.17, 15) is 10.3 Å². The Morgan fingerprint density at radius 3 is 2.55 bits per heavy atom. The van der Waals surface area contributed by atoms with Gasteiger partial charge in [-0.25, -0.2) is 0 Å². The summed E-state index contributed by atoms with van der Waals surface area (Å²) >= 11 is 0. The fourth-order valence-corrected chi connectivity index (χ4v) is 0.817. The van der Waals surface area contributed by atoms with Crippen LogP contribution in [0.4, 0.5) is 0 Å². The second kappa shape index (κ2) is 2.51. The highest BCUT2D eigenvalue weighted by Crippen LogP contribution is 2.16. The Morgan fingerprint density at radius 2 is 2.18 bits per heavy atom. The first-order valence-corrected chi connectivity index (χ1v) is 3.42. The third-order valence-corrected chi connectivity index (χ3v) is 1.48. The molecule has 0 aliphatic heterocycles. The molecule has 0 aliphatic rings. The predicted octanol–water partition coefficient (Wildman–Crippen LogP) is 0.547. The van der Waals surface area contributed by atoms with Gasteiger partial charge in [0.2, 0.25) is 0 Å². The molecule has 1 aromatic heterocycles. The first-order valence-electron chi connectivity index (χ1n) is 3.42. The van der Waals surface area contributed by atoms with Gasteiger partial charge in [-0.1, -0.05) is 0 Å². The number of pyridine rings is 1. The van der Waals surface area contributed by atoms with Crippen LogP contribution < -0.4 is 4.73 Å². The van der Waals surface area contributed by atoms with Crippen molar-refractivity contribution >= 4 is 0 Å². The van der Waals surface area contributed by atoms with E-state index in [0.29, 0.717) is 10.3 Å². The highest BCUT2D eigenvalue weighted by Gasteiger charge is 2.17. The number of hydrogen-bond acceptors (Lipinski definition) is 2. The zero-order valence-corrected chi connectivity index (χ0v) is 6.61. The molecule has 0 radical (unpaired) electrons. The Morgan fingerprint density at radius 1 is 1.55 bits per heavy atom. The van der Waals surface area contributed by atoms with Crippen LogP contribution in [0.5, 0.6) is 0 Å². The van der Waals surface area contributed by atoms with Gasteiger partial charge in [0.25, 0.3) is 0 Å². The van der Waals surface area contributed by atoms with Crippen LogP contribution in [0.25, 0.3) is 0 Å². The molecule has 0 spiro atoms. The van der Waals surface area contributed by atoms with Crippen molar-refractivity contribution in [2.75, 3.05) is 0 Å². The van der Waals surface area contributed by atoms with Crippen LogP contribution in [0, 0.1) is 5.21 Å². The van der Waals surface area contributed by atoms with Crippen LogP contribution >= 0.6 is 0 Å². The Kier molecular flexibility index (Phi) is 1.83. The van der Waals surface area contributed by atoms with Gasteiger partial charge in [-0.15, -0.1) is 0 Å². The maximum Gasteiger partial charge on any atom is 0.186 e. The van der Waals surface area contributed by atoms with E-state index < -0.39 is 5.60 Å². The van der Waals surface area contributed by atoms with Crippen LogP contribution in [0.3, 0.4) is 0 Å². The highest BCUT2D eigenvalue weighted by molar-refractivity contribution is 5.12. The largest absolute Gasteiger partial charge is 0.619 e. The van der Waals surface area contributed by atoms with Crippen molar-refractivity contribution in [1.82, 2.24) is 0 Å². The van der Waals surface area contributed by atoms with Gasteiger partial charge in [0.1, 0.15) is 0 Å². The predicted molar refractivity (Wildman–Crippen MR) is 40.6 cm³/mol. The van der Waals surface area contributed by atoms with Crippen molar-refractivity contribution in [3.8, 4) is 0 Å². The molecule has 3 heteroatoms. The monoisotopic (exact) mass is 153 g/mol. The standard InChI is InChI=1S/C8H11NO2/c1-8(2,10)7-4-3-5-9(11)6-7/h3-6,10H,1-2H3. The maximum absolute atomic E-state index is 10.7. The molecule has 0 fully saturated rings. The molecule has 0 bridgehead atoms. The van der Waals surface area contributed by atoms with Crippen molar-refractivity contribution in [3.63, 3.8) is 0 Å². The van der Waals surface area contributed by atoms with Gasteiger partial charge in [0.05, 0.1) is 5.60 Å². The minimum atomic E-state index is -0.937. The lowest BCUT2D eigenvalue weighted by Gasteiger charge is -2.15. The summed E-state index contributed by atoms with van der Waals surface area (Å²) in [4.78, 5) is 0. The van der Waals surface area contributed by atoms with E-state index in [1.807, 2.05) is 0 Å². The molecule has 1 heterocycles. The molecule has 11 heavy (non-hydrogen) atoms. The first kappa shape index (κ1) is 8.01. The zero-order valence-electron chi connectivity index (χ0n) is 6.61. The average Bonchev–Trinajstić information content (AvgIpc) is 1.86. The zero-order chi connectivity index (χ0) is 8.48. The molecular formula is C8H11NO2. The third kappa shape index (κ3) is 1.91. The number of aliphatic hydroxyl groups is 1. The van der Waals surface area contributed by atoms with Crippen LogP contribution in [-0.2, 0) is 5.60 Å². The van der Waals surface area contributed by atoms with Crippen molar-refractivity contribution in [2.24, 2.45) is 0 Å². The number of hydrogen-bond donors (Lipinski definition) is 1. The molecule has 1 aromatic rings. The van der Waals surface area contributed by atoms with Crippen molar-refractivity contribution in [2.45, 2.75) is 19.4 Å². The van der Waals surface area contributed by atoms with Gasteiger partial charge >= 0.3 is 0 Å². The van der Waals surface area contributed by atoms with Crippen LogP contribution in [0.2, 0.25) is 0 Å². The molecule has 0 unspecified atom stereocenters. The molecule has 0 atom stereocenters. The van der Waals surface area contributed by atoms with Crippen molar-refractivity contribution < 1.29 is 9.84 Å². The van der Waals surface area contributed by atoms with E-state index in [0.717, 1.165) is 0 Å². The summed E-state index contributed by atoms with van der Waals surface area (Å²) in [5.41, 5.74) is -0.317. The summed E-state index contributed by atoms with van der Waals surface area (Å²) in [5, 5.41) is 20.2. The summed E-state index contributed by atoms with van der Waals surface area (Å²) in [6.07, 6.45) is 2.75. The molecule has 1 rings (SSSR count). The van der Waals surface area contributed by atoms with E-state index in [4.69, 9.17) is 0 Å². The number of aromatic nitrogens is 1. The van der Waals surface area contributed by atoms with Gasteiger partial charge in [0, 0.05) is 11.6 Å². The summed E-state index contributed by atoms with van der Waals surface area (Å²) in [7, 11) is 0. The van der Waals surface area contributed by atoms with E-state index in [-0.39, 0.29) is 0 Å². The van der Waals surface area contributed by atoms with Crippen LogP contribution in [0.1, 0.15) is 19.4 Å². The second-order valence-corrected chi connectivity index (χ2v) is 3.01. The van der Waals surface area contributed by atoms with Crippen molar-refractivity contribution in [1.29, 1.82) is 0 Å². The third-order valence-electron chi connectivity index (χ3n) is 1.48. The van der Waals surface area contributed by atoms with Gasteiger partial charge in [-0.3, -0.25) is 0 Å². The molecule has 60 valence electrons. The topological polar surface area (TPSA) is 47.2 Å². The molecular weight excluding hydrogens is 142 g/mol. The summed E-state index contributed by atoms with van der Waals surface area (Å²) in [5.74, 6) is 0. The van der Waals surface area contributed by atoms with Gasteiger partial charge < -0.3 is 10.3 Å². The quantitative estimate of drug-likeness (QED) is 0.473. The first-order chi connectivity index (χ1) is 5.00. The molecule has 0 amide bonds.